The highest BCUT2D eigenvalue weighted by Gasteiger charge is 2.16. The molecule has 1 aromatic heterocycles. The van der Waals surface area contributed by atoms with Gasteiger partial charge in [0, 0.05) is 11.6 Å². The van der Waals surface area contributed by atoms with Crippen molar-refractivity contribution in [3.8, 4) is 0 Å². The second kappa shape index (κ2) is 4.56. The van der Waals surface area contributed by atoms with E-state index < -0.39 is 23.0 Å². The van der Waals surface area contributed by atoms with Gasteiger partial charge in [0.1, 0.15) is 5.56 Å². The maximum atomic E-state index is 13.4. The van der Waals surface area contributed by atoms with Crippen molar-refractivity contribution in [2.75, 3.05) is 6.61 Å². The van der Waals surface area contributed by atoms with Crippen molar-refractivity contribution in [3.05, 3.63) is 45.8 Å². The number of esters is 1. The number of carbonyl (C=O) groups is 1. The van der Waals surface area contributed by atoms with Gasteiger partial charge in [0.25, 0.3) is 0 Å². The first-order valence-electron chi connectivity index (χ1n) is 5.22. The molecule has 0 unspecified atom stereocenters. The standard InChI is InChI=1S/C12H9F2NO3/c1-2-18-12(17)7-5-15-10-6(11(7)16)3-4-8(13)9(10)14/h3-5H,2H2,1H3,(H,15,16). The van der Waals surface area contributed by atoms with Gasteiger partial charge < -0.3 is 9.72 Å². The van der Waals surface area contributed by atoms with Gasteiger partial charge in [-0.3, -0.25) is 4.79 Å². The molecule has 0 bridgehead atoms. The molecule has 6 heteroatoms. The summed E-state index contributed by atoms with van der Waals surface area (Å²) >= 11 is 0. The Kier molecular flexibility index (Phi) is 3.10. The molecule has 1 aromatic carbocycles. The summed E-state index contributed by atoms with van der Waals surface area (Å²) in [5, 5.41) is -0.0977. The summed E-state index contributed by atoms with van der Waals surface area (Å²) in [7, 11) is 0. The zero-order valence-corrected chi connectivity index (χ0v) is 9.42. The number of H-pyrrole nitrogens is 1. The summed E-state index contributed by atoms with van der Waals surface area (Å²) in [5.74, 6) is -3.02. The minimum atomic E-state index is -1.15. The number of aromatic nitrogens is 1. The molecule has 18 heavy (non-hydrogen) atoms. The van der Waals surface area contributed by atoms with Gasteiger partial charge >= 0.3 is 5.97 Å². The van der Waals surface area contributed by atoms with Crippen molar-refractivity contribution in [1.29, 1.82) is 0 Å². The summed E-state index contributed by atoms with van der Waals surface area (Å²) in [4.78, 5) is 25.7. The number of hydrogen-bond acceptors (Lipinski definition) is 3. The van der Waals surface area contributed by atoms with Crippen molar-refractivity contribution in [2.24, 2.45) is 0 Å². The maximum absolute atomic E-state index is 13.4. The molecule has 0 saturated carbocycles. The van der Waals surface area contributed by atoms with E-state index in [9.17, 15) is 18.4 Å². The normalized spacial score (nSPS) is 10.6. The summed E-state index contributed by atoms with van der Waals surface area (Å²) in [6.07, 6.45) is 1.02. The van der Waals surface area contributed by atoms with Gasteiger partial charge in [-0.1, -0.05) is 0 Å². The van der Waals surface area contributed by atoms with Crippen LogP contribution in [0.4, 0.5) is 8.78 Å². The molecule has 2 aromatic rings. The average molecular weight is 253 g/mol. The molecule has 0 amide bonds. The van der Waals surface area contributed by atoms with Crippen LogP contribution >= 0.6 is 0 Å². The molecule has 0 saturated heterocycles. The lowest BCUT2D eigenvalue weighted by Gasteiger charge is -2.04. The van der Waals surface area contributed by atoms with E-state index in [1.54, 1.807) is 6.92 Å². The monoisotopic (exact) mass is 253 g/mol. The third-order valence-electron chi connectivity index (χ3n) is 2.44. The van der Waals surface area contributed by atoms with Gasteiger partial charge in [-0.25, -0.2) is 13.6 Å². The molecule has 94 valence electrons. The van der Waals surface area contributed by atoms with Crippen LogP contribution in [0.1, 0.15) is 17.3 Å². The summed E-state index contributed by atoms with van der Waals surface area (Å²) in [6, 6.07) is 1.96. The number of pyridine rings is 1. The Balaban J connectivity index is 2.70. The molecule has 1 heterocycles. The number of fused-ring (bicyclic) bond motifs is 1. The molecule has 0 fully saturated rings. The van der Waals surface area contributed by atoms with E-state index in [2.05, 4.69) is 9.72 Å². The molecular formula is C12H9F2NO3. The first-order chi connectivity index (χ1) is 8.56. The maximum Gasteiger partial charge on any atom is 0.343 e. The minimum absolute atomic E-state index is 0.0977. The fourth-order valence-corrected chi connectivity index (χ4v) is 1.60. The van der Waals surface area contributed by atoms with Crippen LogP contribution in [-0.4, -0.2) is 17.6 Å². The van der Waals surface area contributed by atoms with Crippen molar-refractivity contribution in [1.82, 2.24) is 4.98 Å². The van der Waals surface area contributed by atoms with E-state index in [4.69, 9.17) is 0 Å². The molecule has 2 rings (SSSR count). The van der Waals surface area contributed by atoms with Crippen LogP contribution in [0.15, 0.2) is 23.1 Å². The SMILES string of the molecule is CCOC(=O)c1c[nH]c2c(F)c(F)ccc2c1=O. The lowest BCUT2D eigenvalue weighted by Crippen LogP contribution is -2.18. The zero-order chi connectivity index (χ0) is 13.3. The average Bonchev–Trinajstić information content (AvgIpc) is 2.34. The number of benzene rings is 1. The first kappa shape index (κ1) is 12.2. The highest BCUT2D eigenvalue weighted by Crippen LogP contribution is 2.16. The highest BCUT2D eigenvalue weighted by atomic mass is 19.2. The van der Waals surface area contributed by atoms with E-state index in [1.165, 1.54) is 0 Å². The third-order valence-corrected chi connectivity index (χ3v) is 2.44. The molecule has 0 atom stereocenters. The van der Waals surface area contributed by atoms with Crippen LogP contribution in [-0.2, 0) is 4.74 Å². The van der Waals surface area contributed by atoms with Gasteiger partial charge in [0.15, 0.2) is 11.6 Å². The third kappa shape index (κ3) is 1.85. The largest absolute Gasteiger partial charge is 0.462 e. The predicted octanol–water partition coefficient (Wildman–Crippen LogP) is 1.98. The molecular weight excluding hydrogens is 244 g/mol. The Morgan fingerprint density at radius 2 is 2.11 bits per heavy atom. The molecule has 0 aliphatic heterocycles. The lowest BCUT2D eigenvalue weighted by molar-refractivity contribution is 0.0524. The van der Waals surface area contributed by atoms with E-state index in [0.717, 1.165) is 18.3 Å². The van der Waals surface area contributed by atoms with Gasteiger partial charge in [-0.2, -0.15) is 0 Å². The second-order valence-corrected chi connectivity index (χ2v) is 3.54. The topological polar surface area (TPSA) is 59.2 Å². The number of rotatable bonds is 2. The second-order valence-electron chi connectivity index (χ2n) is 3.54. The van der Waals surface area contributed by atoms with Crippen LogP contribution in [0.5, 0.6) is 0 Å². The molecule has 1 N–H and O–H groups in total. The Labute approximate surface area is 100 Å². The summed E-state index contributed by atoms with van der Waals surface area (Å²) in [6.45, 7) is 1.72. The molecule has 0 spiro atoms. The minimum Gasteiger partial charge on any atom is -0.462 e. The van der Waals surface area contributed by atoms with Crippen molar-refractivity contribution in [2.45, 2.75) is 6.92 Å². The van der Waals surface area contributed by atoms with E-state index in [1.807, 2.05) is 0 Å². The number of carbonyl (C=O) groups excluding carboxylic acids is 1. The quantitative estimate of drug-likeness (QED) is 0.832. The molecule has 0 aliphatic carbocycles. The Hall–Kier alpha value is -2.24. The van der Waals surface area contributed by atoms with E-state index in [0.29, 0.717) is 0 Å². The lowest BCUT2D eigenvalue weighted by atomic mass is 10.1. The Morgan fingerprint density at radius 3 is 2.78 bits per heavy atom. The van der Waals surface area contributed by atoms with Crippen molar-refractivity contribution < 1.29 is 18.3 Å². The molecule has 0 radical (unpaired) electrons. The van der Waals surface area contributed by atoms with E-state index >= 15 is 0 Å². The highest BCUT2D eigenvalue weighted by molar-refractivity contribution is 5.93. The van der Waals surface area contributed by atoms with Gasteiger partial charge in [0.2, 0.25) is 5.43 Å². The smallest absolute Gasteiger partial charge is 0.343 e. The van der Waals surface area contributed by atoms with Crippen LogP contribution in [0.2, 0.25) is 0 Å². The zero-order valence-electron chi connectivity index (χ0n) is 9.42. The first-order valence-corrected chi connectivity index (χ1v) is 5.22. The fraction of sp³-hybridized carbons (Fsp3) is 0.167. The van der Waals surface area contributed by atoms with Crippen molar-refractivity contribution >= 4 is 16.9 Å². The number of aromatic amines is 1. The number of hydrogen-bond donors (Lipinski definition) is 1. The fourth-order valence-electron chi connectivity index (χ4n) is 1.60. The van der Waals surface area contributed by atoms with Crippen LogP contribution < -0.4 is 5.43 Å². The van der Waals surface area contributed by atoms with Crippen LogP contribution in [0, 0.1) is 11.6 Å². The van der Waals surface area contributed by atoms with Gasteiger partial charge in [-0.15, -0.1) is 0 Å². The molecule has 4 nitrogen and oxygen atoms in total. The van der Waals surface area contributed by atoms with Gasteiger partial charge in [0.05, 0.1) is 12.1 Å². The summed E-state index contributed by atoms with van der Waals surface area (Å²) < 4.78 is 31.1. The number of nitrogens with one attached hydrogen (secondary N) is 1. The number of ether oxygens (including phenoxy) is 1. The predicted molar refractivity (Wildman–Crippen MR) is 60.4 cm³/mol. The summed E-state index contributed by atoms with van der Waals surface area (Å²) in [5.41, 5.74) is -1.20. The van der Waals surface area contributed by atoms with Gasteiger partial charge in [-0.05, 0) is 19.1 Å². The Bertz CT molecular complexity index is 679. The van der Waals surface area contributed by atoms with E-state index in [-0.39, 0.29) is 23.1 Å². The van der Waals surface area contributed by atoms with Crippen LogP contribution in [0.3, 0.4) is 0 Å². The molecule has 0 aliphatic rings. The number of halogens is 2. The van der Waals surface area contributed by atoms with Crippen LogP contribution in [0.25, 0.3) is 10.9 Å². The Morgan fingerprint density at radius 1 is 1.39 bits per heavy atom. The van der Waals surface area contributed by atoms with Crippen molar-refractivity contribution in [3.63, 3.8) is 0 Å².